The van der Waals surface area contributed by atoms with Gasteiger partial charge in [-0.25, -0.2) is 0 Å². The van der Waals surface area contributed by atoms with E-state index in [1.165, 1.54) is 24.0 Å². The summed E-state index contributed by atoms with van der Waals surface area (Å²) in [5.74, 6) is 0.845. The lowest BCUT2D eigenvalue weighted by Gasteiger charge is -2.52. The molecule has 2 heteroatoms. The van der Waals surface area contributed by atoms with Crippen LogP contribution >= 0.6 is 0 Å². The average Bonchev–Trinajstić information content (AvgIpc) is 3.27. The van der Waals surface area contributed by atoms with Gasteiger partial charge in [-0.1, -0.05) is 38.1 Å². The maximum atomic E-state index is 5.79. The lowest BCUT2D eigenvalue weighted by atomic mass is 9.64. The molecular formula is C18H27NO. The van der Waals surface area contributed by atoms with Crippen LogP contribution in [-0.4, -0.2) is 18.8 Å². The third-order valence-corrected chi connectivity index (χ3v) is 5.10. The van der Waals surface area contributed by atoms with Crippen LogP contribution in [0.25, 0.3) is 0 Å². The predicted molar refractivity (Wildman–Crippen MR) is 82.9 cm³/mol. The fourth-order valence-electron chi connectivity index (χ4n) is 3.33. The first-order valence-electron chi connectivity index (χ1n) is 8.05. The Hall–Kier alpha value is -0.860. The van der Waals surface area contributed by atoms with Crippen molar-refractivity contribution in [1.29, 1.82) is 0 Å². The van der Waals surface area contributed by atoms with E-state index in [-0.39, 0.29) is 5.41 Å². The fraction of sp³-hybridized carbons (Fsp3) is 0.667. The van der Waals surface area contributed by atoms with E-state index in [1.54, 1.807) is 0 Å². The van der Waals surface area contributed by atoms with Gasteiger partial charge in [0, 0.05) is 24.6 Å². The Labute approximate surface area is 122 Å². The summed E-state index contributed by atoms with van der Waals surface area (Å²) in [5, 5.41) is 3.72. The van der Waals surface area contributed by atoms with E-state index >= 15 is 0 Å². The van der Waals surface area contributed by atoms with Gasteiger partial charge < -0.3 is 10.1 Å². The summed E-state index contributed by atoms with van der Waals surface area (Å²) in [4.78, 5) is 0. The van der Waals surface area contributed by atoms with Crippen LogP contribution in [0.15, 0.2) is 24.3 Å². The number of hydrogen-bond acceptors (Lipinski definition) is 2. The zero-order valence-electron chi connectivity index (χ0n) is 13.0. The third kappa shape index (κ3) is 2.77. The molecule has 110 valence electrons. The quantitative estimate of drug-likeness (QED) is 0.850. The molecule has 0 heterocycles. The SMILES string of the molecule is CCOC1CC(NCc2cccc(C3CC3)c2)C1(C)C. The molecule has 2 aliphatic rings. The molecule has 0 spiro atoms. The first-order valence-corrected chi connectivity index (χ1v) is 8.05. The summed E-state index contributed by atoms with van der Waals surface area (Å²) in [6.45, 7) is 8.52. The van der Waals surface area contributed by atoms with Gasteiger partial charge in [0.15, 0.2) is 0 Å². The monoisotopic (exact) mass is 273 g/mol. The first kappa shape index (κ1) is 14.1. The van der Waals surface area contributed by atoms with Crippen LogP contribution < -0.4 is 5.32 Å². The molecule has 0 saturated heterocycles. The van der Waals surface area contributed by atoms with Gasteiger partial charge in [-0.05, 0) is 43.2 Å². The van der Waals surface area contributed by atoms with Crippen molar-refractivity contribution in [3.05, 3.63) is 35.4 Å². The maximum absolute atomic E-state index is 5.79. The molecular weight excluding hydrogens is 246 g/mol. The van der Waals surface area contributed by atoms with Crippen LogP contribution in [0.1, 0.15) is 57.1 Å². The third-order valence-electron chi connectivity index (χ3n) is 5.10. The Bertz CT molecular complexity index is 464. The van der Waals surface area contributed by atoms with E-state index < -0.39 is 0 Å². The lowest BCUT2D eigenvalue weighted by Crippen LogP contribution is -2.60. The van der Waals surface area contributed by atoms with E-state index in [4.69, 9.17) is 4.74 Å². The second-order valence-electron chi connectivity index (χ2n) is 6.95. The summed E-state index contributed by atoms with van der Waals surface area (Å²) in [6.07, 6.45) is 4.32. The van der Waals surface area contributed by atoms with E-state index in [0.29, 0.717) is 12.1 Å². The summed E-state index contributed by atoms with van der Waals surface area (Å²) in [7, 11) is 0. The highest BCUT2D eigenvalue weighted by atomic mass is 16.5. The van der Waals surface area contributed by atoms with Crippen LogP contribution in [0.3, 0.4) is 0 Å². The Kier molecular flexibility index (Phi) is 3.87. The minimum atomic E-state index is 0.254. The molecule has 0 bridgehead atoms. The minimum absolute atomic E-state index is 0.254. The van der Waals surface area contributed by atoms with Gasteiger partial charge in [0.25, 0.3) is 0 Å². The summed E-state index contributed by atoms with van der Waals surface area (Å²) in [5.41, 5.74) is 3.21. The van der Waals surface area contributed by atoms with Crippen LogP contribution in [0.4, 0.5) is 0 Å². The fourth-order valence-corrected chi connectivity index (χ4v) is 3.33. The van der Waals surface area contributed by atoms with Crippen molar-refractivity contribution in [2.24, 2.45) is 5.41 Å². The molecule has 1 aromatic carbocycles. The summed E-state index contributed by atoms with van der Waals surface area (Å²) >= 11 is 0. The van der Waals surface area contributed by atoms with Crippen molar-refractivity contribution in [3.63, 3.8) is 0 Å². The second kappa shape index (κ2) is 5.50. The van der Waals surface area contributed by atoms with Crippen molar-refractivity contribution < 1.29 is 4.74 Å². The molecule has 0 aromatic heterocycles. The molecule has 2 unspecified atom stereocenters. The van der Waals surface area contributed by atoms with Crippen molar-refractivity contribution >= 4 is 0 Å². The largest absolute Gasteiger partial charge is 0.378 e. The number of ether oxygens (including phenoxy) is 1. The van der Waals surface area contributed by atoms with E-state index in [0.717, 1.165) is 25.5 Å². The lowest BCUT2D eigenvalue weighted by molar-refractivity contribution is -0.114. The van der Waals surface area contributed by atoms with Gasteiger partial charge in [-0.2, -0.15) is 0 Å². The molecule has 0 amide bonds. The van der Waals surface area contributed by atoms with E-state index in [2.05, 4.69) is 50.4 Å². The smallest absolute Gasteiger partial charge is 0.0655 e. The van der Waals surface area contributed by atoms with Crippen molar-refractivity contribution in [1.82, 2.24) is 5.32 Å². The molecule has 2 nitrogen and oxygen atoms in total. The predicted octanol–water partition coefficient (Wildman–Crippen LogP) is 3.86. The van der Waals surface area contributed by atoms with Gasteiger partial charge in [0.1, 0.15) is 0 Å². The standard InChI is InChI=1S/C18H27NO/c1-4-20-17-11-16(18(17,2)3)19-12-13-6-5-7-15(10-13)14-8-9-14/h5-7,10,14,16-17,19H,4,8-9,11-12H2,1-3H3. The Morgan fingerprint density at radius 2 is 2.10 bits per heavy atom. The molecule has 0 aliphatic heterocycles. The molecule has 1 N–H and O–H groups in total. The van der Waals surface area contributed by atoms with Crippen molar-refractivity contribution in [2.45, 2.75) is 64.6 Å². The highest BCUT2D eigenvalue weighted by Gasteiger charge is 2.48. The summed E-state index contributed by atoms with van der Waals surface area (Å²) < 4.78 is 5.79. The maximum Gasteiger partial charge on any atom is 0.0655 e. The highest BCUT2D eigenvalue weighted by molar-refractivity contribution is 5.29. The topological polar surface area (TPSA) is 21.3 Å². The van der Waals surface area contributed by atoms with Crippen LogP contribution in [0.2, 0.25) is 0 Å². The summed E-state index contributed by atoms with van der Waals surface area (Å²) in [6, 6.07) is 9.68. The Morgan fingerprint density at radius 1 is 1.30 bits per heavy atom. The normalized spacial score (nSPS) is 28.1. The Morgan fingerprint density at radius 3 is 2.75 bits per heavy atom. The minimum Gasteiger partial charge on any atom is -0.378 e. The average molecular weight is 273 g/mol. The van der Waals surface area contributed by atoms with E-state index in [1.807, 2.05) is 0 Å². The van der Waals surface area contributed by atoms with Gasteiger partial charge in [-0.15, -0.1) is 0 Å². The number of benzene rings is 1. The van der Waals surface area contributed by atoms with Crippen LogP contribution in [0, 0.1) is 5.41 Å². The van der Waals surface area contributed by atoms with Crippen LogP contribution in [0.5, 0.6) is 0 Å². The van der Waals surface area contributed by atoms with Crippen molar-refractivity contribution in [3.8, 4) is 0 Å². The molecule has 0 radical (unpaired) electrons. The molecule has 1 aromatic rings. The number of hydrogen-bond donors (Lipinski definition) is 1. The van der Waals surface area contributed by atoms with Crippen LogP contribution in [-0.2, 0) is 11.3 Å². The Balaban J connectivity index is 1.54. The zero-order chi connectivity index (χ0) is 14.2. The molecule has 2 fully saturated rings. The molecule has 20 heavy (non-hydrogen) atoms. The van der Waals surface area contributed by atoms with Gasteiger partial charge in [-0.3, -0.25) is 0 Å². The molecule has 2 atom stereocenters. The molecule has 2 aliphatic carbocycles. The van der Waals surface area contributed by atoms with Gasteiger partial charge in [0.05, 0.1) is 6.10 Å². The zero-order valence-corrected chi connectivity index (χ0v) is 13.0. The first-order chi connectivity index (χ1) is 9.61. The molecule has 2 saturated carbocycles. The number of rotatable bonds is 6. The van der Waals surface area contributed by atoms with Gasteiger partial charge in [0.2, 0.25) is 0 Å². The molecule has 3 rings (SSSR count). The van der Waals surface area contributed by atoms with E-state index in [9.17, 15) is 0 Å². The highest BCUT2D eigenvalue weighted by Crippen LogP contribution is 2.43. The second-order valence-corrected chi connectivity index (χ2v) is 6.95. The van der Waals surface area contributed by atoms with Gasteiger partial charge >= 0.3 is 0 Å². The number of nitrogens with one attached hydrogen (secondary N) is 1. The van der Waals surface area contributed by atoms with Crippen molar-refractivity contribution in [2.75, 3.05) is 6.61 Å².